The topological polar surface area (TPSA) is 62.2 Å². The summed E-state index contributed by atoms with van der Waals surface area (Å²) in [7, 11) is 0. The second kappa shape index (κ2) is 8.13. The zero-order chi connectivity index (χ0) is 15.0. The van der Waals surface area contributed by atoms with E-state index in [1.165, 1.54) is 12.0 Å². The van der Waals surface area contributed by atoms with Crippen LogP contribution in [0.5, 0.6) is 0 Å². The zero-order valence-corrected chi connectivity index (χ0v) is 12.7. The molecule has 0 aromatic carbocycles. The molecular weight excluding hydrogens is 264 g/mol. The molecule has 0 unspecified atom stereocenters. The first kappa shape index (κ1) is 16.0. The van der Waals surface area contributed by atoms with Crippen molar-refractivity contribution in [2.75, 3.05) is 13.2 Å². The van der Waals surface area contributed by atoms with Crippen molar-refractivity contribution in [2.45, 2.75) is 51.4 Å². The molecule has 0 bridgehead atoms. The Morgan fingerprint density at radius 1 is 1.33 bits per heavy atom. The summed E-state index contributed by atoms with van der Waals surface area (Å²) in [6, 6.07) is 3.96. The number of aliphatic hydroxyl groups is 1. The minimum atomic E-state index is -0.0722. The molecule has 1 amide bonds. The van der Waals surface area contributed by atoms with Crippen LogP contribution in [-0.4, -0.2) is 29.1 Å². The Balaban J connectivity index is 1.67. The highest BCUT2D eigenvalue weighted by Gasteiger charge is 2.31. The van der Waals surface area contributed by atoms with Crippen LogP contribution in [0.1, 0.15) is 50.5 Å². The largest absolute Gasteiger partial charge is 0.396 e. The summed E-state index contributed by atoms with van der Waals surface area (Å²) in [5.41, 5.74) is 1.10. The maximum atomic E-state index is 11.9. The smallest absolute Gasteiger partial charge is 0.220 e. The molecule has 0 radical (unpaired) electrons. The zero-order valence-electron chi connectivity index (χ0n) is 12.7. The molecule has 2 rings (SSSR count). The number of hydrogen-bond donors (Lipinski definition) is 2. The first-order chi connectivity index (χ1) is 10.2. The van der Waals surface area contributed by atoms with Crippen molar-refractivity contribution in [1.82, 2.24) is 10.3 Å². The Morgan fingerprint density at radius 3 is 2.81 bits per heavy atom. The molecule has 1 aromatic rings. The summed E-state index contributed by atoms with van der Waals surface area (Å²) < 4.78 is 0. The van der Waals surface area contributed by atoms with E-state index in [-0.39, 0.29) is 17.9 Å². The first-order valence-electron chi connectivity index (χ1n) is 8.01. The Kier molecular flexibility index (Phi) is 6.18. The van der Waals surface area contributed by atoms with Crippen LogP contribution in [0.25, 0.3) is 0 Å². The van der Waals surface area contributed by atoms with Crippen molar-refractivity contribution in [3.05, 3.63) is 30.1 Å². The van der Waals surface area contributed by atoms with Gasteiger partial charge in [-0.1, -0.05) is 25.3 Å². The number of aromatic nitrogens is 1. The summed E-state index contributed by atoms with van der Waals surface area (Å²) >= 11 is 0. The van der Waals surface area contributed by atoms with E-state index in [1.807, 2.05) is 18.3 Å². The van der Waals surface area contributed by atoms with Gasteiger partial charge < -0.3 is 10.4 Å². The number of rotatable bonds is 7. The van der Waals surface area contributed by atoms with Gasteiger partial charge in [0.15, 0.2) is 0 Å². The van der Waals surface area contributed by atoms with Crippen molar-refractivity contribution in [2.24, 2.45) is 5.41 Å². The lowest BCUT2D eigenvalue weighted by atomic mass is 9.74. The molecule has 2 N–H and O–H groups in total. The van der Waals surface area contributed by atoms with E-state index in [9.17, 15) is 9.90 Å². The van der Waals surface area contributed by atoms with Gasteiger partial charge in [-0.3, -0.25) is 9.78 Å². The van der Waals surface area contributed by atoms with Gasteiger partial charge in [-0.25, -0.2) is 0 Å². The van der Waals surface area contributed by atoms with E-state index in [1.54, 1.807) is 6.20 Å². The second-order valence-electron chi connectivity index (χ2n) is 6.21. The Morgan fingerprint density at radius 2 is 2.14 bits per heavy atom. The van der Waals surface area contributed by atoms with Crippen molar-refractivity contribution >= 4 is 5.91 Å². The highest BCUT2D eigenvalue weighted by atomic mass is 16.3. The lowest BCUT2D eigenvalue weighted by Gasteiger charge is -2.35. The van der Waals surface area contributed by atoms with E-state index in [2.05, 4.69) is 10.3 Å². The number of hydrogen-bond acceptors (Lipinski definition) is 3. The average molecular weight is 290 g/mol. The van der Waals surface area contributed by atoms with Crippen LogP contribution < -0.4 is 5.32 Å². The van der Waals surface area contributed by atoms with Crippen LogP contribution in [0.3, 0.4) is 0 Å². The molecule has 0 saturated heterocycles. The molecule has 21 heavy (non-hydrogen) atoms. The first-order valence-corrected chi connectivity index (χ1v) is 8.01. The molecule has 0 spiro atoms. The standard InChI is InChI=1S/C17H26N2O2/c20-14-17(9-2-1-3-10-17)13-19-16(21)8-4-6-15-7-5-11-18-12-15/h5,7,11-12,20H,1-4,6,8-10,13-14H2,(H,19,21). The van der Waals surface area contributed by atoms with Crippen LogP contribution in [0.15, 0.2) is 24.5 Å². The number of carbonyl (C=O) groups is 1. The fraction of sp³-hybridized carbons (Fsp3) is 0.647. The molecule has 1 heterocycles. The van der Waals surface area contributed by atoms with Gasteiger partial charge in [-0.05, 0) is 37.3 Å². The molecule has 1 fully saturated rings. The number of aryl methyl sites for hydroxylation is 1. The maximum Gasteiger partial charge on any atom is 0.220 e. The quantitative estimate of drug-likeness (QED) is 0.811. The van der Waals surface area contributed by atoms with Crippen LogP contribution >= 0.6 is 0 Å². The van der Waals surface area contributed by atoms with E-state index in [4.69, 9.17) is 0 Å². The summed E-state index contributed by atoms with van der Waals surface area (Å²) in [5.74, 6) is 0.0947. The molecule has 0 atom stereocenters. The maximum absolute atomic E-state index is 11.9. The molecule has 1 aromatic heterocycles. The highest BCUT2D eigenvalue weighted by Crippen LogP contribution is 2.35. The molecule has 116 valence electrons. The lowest BCUT2D eigenvalue weighted by Crippen LogP contribution is -2.41. The number of carbonyl (C=O) groups excluding carboxylic acids is 1. The third-order valence-corrected chi connectivity index (χ3v) is 4.50. The number of nitrogens with one attached hydrogen (secondary N) is 1. The number of nitrogens with zero attached hydrogens (tertiary/aromatic N) is 1. The number of aliphatic hydroxyl groups excluding tert-OH is 1. The number of amides is 1. The molecule has 4 nitrogen and oxygen atoms in total. The SMILES string of the molecule is O=C(CCCc1cccnc1)NCC1(CO)CCCCC1. The van der Waals surface area contributed by atoms with Crippen molar-refractivity contribution < 1.29 is 9.90 Å². The van der Waals surface area contributed by atoms with Gasteiger partial charge in [-0.2, -0.15) is 0 Å². The predicted molar refractivity (Wildman–Crippen MR) is 82.8 cm³/mol. The minimum absolute atomic E-state index is 0.0722. The van der Waals surface area contributed by atoms with Crippen molar-refractivity contribution in [1.29, 1.82) is 0 Å². The normalized spacial score (nSPS) is 17.4. The molecule has 0 aliphatic heterocycles. The molecule has 4 heteroatoms. The second-order valence-corrected chi connectivity index (χ2v) is 6.21. The van der Waals surface area contributed by atoms with Crippen molar-refractivity contribution in [3.8, 4) is 0 Å². The fourth-order valence-corrected chi connectivity index (χ4v) is 3.07. The third kappa shape index (κ3) is 5.12. The van der Waals surface area contributed by atoms with E-state index in [0.717, 1.165) is 38.5 Å². The van der Waals surface area contributed by atoms with Gasteiger partial charge in [0.05, 0.1) is 6.61 Å². The van der Waals surface area contributed by atoms with Gasteiger partial charge in [0, 0.05) is 30.8 Å². The van der Waals surface area contributed by atoms with Crippen LogP contribution in [-0.2, 0) is 11.2 Å². The summed E-state index contributed by atoms with van der Waals surface area (Å²) in [6.07, 6.45) is 11.5. The van der Waals surface area contributed by atoms with Crippen molar-refractivity contribution in [3.63, 3.8) is 0 Å². The van der Waals surface area contributed by atoms with E-state index in [0.29, 0.717) is 13.0 Å². The Bertz CT molecular complexity index is 428. The van der Waals surface area contributed by atoms with Gasteiger partial charge in [0.25, 0.3) is 0 Å². The van der Waals surface area contributed by atoms with Crippen LogP contribution in [0, 0.1) is 5.41 Å². The fourth-order valence-electron chi connectivity index (χ4n) is 3.07. The third-order valence-electron chi connectivity index (χ3n) is 4.50. The van der Waals surface area contributed by atoms with Crippen LogP contribution in [0.4, 0.5) is 0 Å². The summed E-state index contributed by atoms with van der Waals surface area (Å²) in [5, 5.41) is 12.6. The molecule has 1 aliphatic carbocycles. The van der Waals surface area contributed by atoms with Gasteiger partial charge in [0.1, 0.15) is 0 Å². The molecule has 1 saturated carbocycles. The molecular formula is C17H26N2O2. The minimum Gasteiger partial charge on any atom is -0.396 e. The predicted octanol–water partition coefficient (Wildman–Crippen LogP) is 2.46. The highest BCUT2D eigenvalue weighted by molar-refractivity contribution is 5.75. The Hall–Kier alpha value is -1.42. The van der Waals surface area contributed by atoms with Gasteiger partial charge in [0.2, 0.25) is 5.91 Å². The monoisotopic (exact) mass is 290 g/mol. The van der Waals surface area contributed by atoms with Gasteiger partial charge in [-0.15, -0.1) is 0 Å². The summed E-state index contributed by atoms with van der Waals surface area (Å²) in [4.78, 5) is 16.0. The molecule has 1 aliphatic rings. The van der Waals surface area contributed by atoms with E-state index < -0.39 is 0 Å². The lowest BCUT2D eigenvalue weighted by molar-refractivity contribution is -0.122. The summed E-state index contributed by atoms with van der Waals surface area (Å²) in [6.45, 7) is 0.804. The average Bonchev–Trinajstić information content (AvgIpc) is 2.55. The Labute approximate surface area is 127 Å². The number of pyridine rings is 1. The van der Waals surface area contributed by atoms with Gasteiger partial charge >= 0.3 is 0 Å². The van der Waals surface area contributed by atoms with E-state index >= 15 is 0 Å². The van der Waals surface area contributed by atoms with Crippen LogP contribution in [0.2, 0.25) is 0 Å².